The number of hydrogen-bond donors (Lipinski definition) is 1. The van der Waals surface area contributed by atoms with Crippen molar-refractivity contribution in [1.29, 1.82) is 0 Å². The molecule has 0 unspecified atom stereocenters. The molecular formula is C26H20N2OS2. The van der Waals surface area contributed by atoms with Crippen molar-refractivity contribution >= 4 is 43.8 Å². The highest BCUT2D eigenvalue weighted by Gasteiger charge is 2.20. The predicted octanol–water partition coefficient (Wildman–Crippen LogP) is 7.18. The smallest absolute Gasteiger partial charge is 0.267 e. The number of carbonyl (C=O) groups excluding carboxylic acids is 1. The molecule has 0 aliphatic rings. The lowest BCUT2D eigenvalue weighted by atomic mass is 10.0. The molecule has 152 valence electrons. The van der Waals surface area contributed by atoms with Crippen LogP contribution in [0.4, 0.5) is 5.13 Å². The fourth-order valence-corrected chi connectivity index (χ4v) is 5.43. The number of aryl methyl sites for hydroxylation is 1. The molecule has 31 heavy (non-hydrogen) atoms. The average Bonchev–Trinajstić information content (AvgIpc) is 3.41. The first-order valence-electron chi connectivity index (χ1n) is 10.1. The van der Waals surface area contributed by atoms with Gasteiger partial charge in [-0.1, -0.05) is 78.4 Å². The Kier molecular flexibility index (Phi) is 5.37. The number of nitrogens with one attached hydrogen (secondary N) is 1. The number of carbonyl (C=O) groups is 1. The first kappa shape index (κ1) is 19.7. The van der Waals surface area contributed by atoms with Crippen LogP contribution >= 0.6 is 22.7 Å². The molecule has 0 fully saturated rings. The van der Waals surface area contributed by atoms with Gasteiger partial charge in [-0.3, -0.25) is 10.1 Å². The van der Waals surface area contributed by atoms with Gasteiger partial charge in [0.2, 0.25) is 0 Å². The van der Waals surface area contributed by atoms with Gasteiger partial charge < -0.3 is 0 Å². The van der Waals surface area contributed by atoms with Gasteiger partial charge in [0.1, 0.15) is 0 Å². The summed E-state index contributed by atoms with van der Waals surface area (Å²) in [5, 5.41) is 6.75. The molecule has 0 atom stereocenters. The van der Waals surface area contributed by atoms with Crippen LogP contribution in [0.15, 0.2) is 84.2 Å². The van der Waals surface area contributed by atoms with Crippen LogP contribution in [0.2, 0.25) is 0 Å². The second-order valence-corrected chi connectivity index (χ2v) is 9.34. The Morgan fingerprint density at radius 1 is 0.935 bits per heavy atom. The molecule has 3 aromatic carbocycles. The van der Waals surface area contributed by atoms with Crippen LogP contribution in [0.1, 0.15) is 26.4 Å². The van der Waals surface area contributed by atoms with Crippen molar-refractivity contribution in [2.24, 2.45) is 0 Å². The molecule has 0 bridgehead atoms. The van der Waals surface area contributed by atoms with Gasteiger partial charge in [-0.15, -0.1) is 22.7 Å². The summed E-state index contributed by atoms with van der Waals surface area (Å²) in [4.78, 5) is 18.6. The molecule has 5 aromatic rings. The minimum Gasteiger partial charge on any atom is -0.297 e. The molecule has 0 aliphatic heterocycles. The highest BCUT2D eigenvalue weighted by molar-refractivity contribution is 7.21. The molecule has 2 aromatic heterocycles. The van der Waals surface area contributed by atoms with Crippen molar-refractivity contribution < 1.29 is 4.79 Å². The number of nitrogens with zero attached hydrogens (tertiary/aromatic N) is 1. The maximum atomic E-state index is 13.3. The molecule has 0 spiro atoms. The fourth-order valence-electron chi connectivity index (χ4n) is 3.59. The van der Waals surface area contributed by atoms with Crippen LogP contribution in [-0.4, -0.2) is 10.9 Å². The molecule has 0 aliphatic carbocycles. The fraction of sp³-hybridized carbons (Fsp3) is 0.0769. The minimum absolute atomic E-state index is 0.0997. The molecule has 1 amide bonds. The zero-order valence-corrected chi connectivity index (χ0v) is 18.6. The minimum atomic E-state index is -0.0997. The third-order valence-electron chi connectivity index (χ3n) is 5.20. The van der Waals surface area contributed by atoms with E-state index in [2.05, 4.69) is 53.6 Å². The molecule has 0 saturated carbocycles. The van der Waals surface area contributed by atoms with E-state index in [0.717, 1.165) is 38.2 Å². The Bertz CT molecular complexity index is 1350. The van der Waals surface area contributed by atoms with Gasteiger partial charge in [0, 0.05) is 15.6 Å². The summed E-state index contributed by atoms with van der Waals surface area (Å²) in [6.07, 6.45) is 0.722. The van der Waals surface area contributed by atoms with E-state index in [1.807, 2.05) is 47.8 Å². The lowest BCUT2D eigenvalue weighted by molar-refractivity contribution is 0.103. The second-order valence-electron chi connectivity index (χ2n) is 7.43. The number of amides is 1. The number of anilines is 1. The lowest BCUT2D eigenvalue weighted by Crippen LogP contribution is -2.12. The van der Waals surface area contributed by atoms with E-state index < -0.39 is 0 Å². The monoisotopic (exact) mass is 440 g/mol. The average molecular weight is 441 g/mol. The summed E-state index contributed by atoms with van der Waals surface area (Å²) in [5.41, 5.74) is 5.42. The number of fused-ring (bicyclic) bond motifs is 1. The zero-order valence-electron chi connectivity index (χ0n) is 17.0. The zero-order chi connectivity index (χ0) is 21.2. The van der Waals surface area contributed by atoms with E-state index in [1.54, 1.807) is 11.3 Å². The Hall–Kier alpha value is -3.28. The number of thiophene rings is 1. The van der Waals surface area contributed by atoms with Gasteiger partial charge in [0.05, 0.1) is 10.6 Å². The first-order valence-corrected chi connectivity index (χ1v) is 11.8. The highest BCUT2D eigenvalue weighted by atomic mass is 32.1. The van der Waals surface area contributed by atoms with Gasteiger partial charge in [0.25, 0.3) is 5.91 Å². The highest BCUT2D eigenvalue weighted by Crippen LogP contribution is 2.34. The third kappa shape index (κ3) is 4.15. The van der Waals surface area contributed by atoms with E-state index in [0.29, 0.717) is 5.13 Å². The summed E-state index contributed by atoms with van der Waals surface area (Å²) in [5.74, 6) is -0.0997. The maximum Gasteiger partial charge on any atom is 0.267 e. The SMILES string of the molecule is Cc1ccc(Cc2c(C(=O)Nc3nc(-c4ccccc4)cs3)sc3ccccc23)cc1. The molecular weight excluding hydrogens is 420 g/mol. The molecule has 0 saturated heterocycles. The first-order chi connectivity index (χ1) is 15.2. The van der Waals surface area contributed by atoms with Crippen molar-refractivity contribution in [3.05, 3.63) is 106 Å². The molecule has 2 heterocycles. The van der Waals surface area contributed by atoms with Crippen molar-refractivity contribution in [2.75, 3.05) is 5.32 Å². The summed E-state index contributed by atoms with van der Waals surface area (Å²) in [6, 6.07) is 26.7. The third-order valence-corrected chi connectivity index (χ3v) is 7.17. The Labute approximate surface area is 189 Å². The van der Waals surface area contributed by atoms with Crippen LogP contribution in [0.5, 0.6) is 0 Å². The van der Waals surface area contributed by atoms with Gasteiger partial charge in [-0.2, -0.15) is 0 Å². The molecule has 1 N–H and O–H groups in total. The number of aromatic nitrogens is 1. The topological polar surface area (TPSA) is 42.0 Å². The quantitative estimate of drug-likeness (QED) is 0.315. The Morgan fingerprint density at radius 3 is 2.48 bits per heavy atom. The molecule has 3 nitrogen and oxygen atoms in total. The summed E-state index contributed by atoms with van der Waals surface area (Å²) in [7, 11) is 0. The predicted molar refractivity (Wildman–Crippen MR) is 131 cm³/mol. The van der Waals surface area contributed by atoms with Crippen molar-refractivity contribution in [3.8, 4) is 11.3 Å². The largest absolute Gasteiger partial charge is 0.297 e. The number of rotatable bonds is 5. The number of benzene rings is 3. The van der Waals surface area contributed by atoms with E-state index in [9.17, 15) is 4.79 Å². The van der Waals surface area contributed by atoms with E-state index in [-0.39, 0.29) is 5.91 Å². The van der Waals surface area contributed by atoms with Crippen molar-refractivity contribution in [2.45, 2.75) is 13.3 Å². The summed E-state index contributed by atoms with van der Waals surface area (Å²) in [6.45, 7) is 2.08. The van der Waals surface area contributed by atoms with Crippen molar-refractivity contribution in [1.82, 2.24) is 4.98 Å². The number of thiazole rings is 1. The van der Waals surface area contributed by atoms with Crippen LogP contribution in [0.3, 0.4) is 0 Å². The van der Waals surface area contributed by atoms with Gasteiger partial charge >= 0.3 is 0 Å². The lowest BCUT2D eigenvalue weighted by Gasteiger charge is -2.06. The van der Waals surface area contributed by atoms with Gasteiger partial charge in [0.15, 0.2) is 5.13 Å². The summed E-state index contributed by atoms with van der Waals surface area (Å²) >= 11 is 2.99. The molecule has 5 rings (SSSR count). The Morgan fingerprint density at radius 2 is 1.68 bits per heavy atom. The van der Waals surface area contributed by atoms with Gasteiger partial charge in [-0.25, -0.2) is 4.98 Å². The van der Waals surface area contributed by atoms with E-state index in [1.165, 1.54) is 22.5 Å². The van der Waals surface area contributed by atoms with Crippen LogP contribution in [0, 0.1) is 6.92 Å². The Balaban J connectivity index is 1.46. The second kappa shape index (κ2) is 8.46. The van der Waals surface area contributed by atoms with Crippen LogP contribution < -0.4 is 5.32 Å². The maximum absolute atomic E-state index is 13.3. The van der Waals surface area contributed by atoms with E-state index in [4.69, 9.17) is 0 Å². The van der Waals surface area contributed by atoms with Gasteiger partial charge in [-0.05, 0) is 35.9 Å². The van der Waals surface area contributed by atoms with E-state index >= 15 is 0 Å². The standard InChI is InChI=1S/C26H20N2OS2/c1-17-11-13-18(14-12-17)15-21-20-9-5-6-10-23(20)31-24(21)25(29)28-26-27-22(16-30-26)19-7-3-2-4-8-19/h2-14,16H,15H2,1H3,(H,27,28,29). The van der Waals surface area contributed by atoms with Crippen LogP contribution in [0.25, 0.3) is 21.3 Å². The normalized spacial score (nSPS) is 11.0. The molecule has 0 radical (unpaired) electrons. The molecule has 5 heteroatoms. The summed E-state index contributed by atoms with van der Waals surface area (Å²) < 4.78 is 1.12. The number of hydrogen-bond acceptors (Lipinski definition) is 4. The van der Waals surface area contributed by atoms with Crippen LogP contribution in [-0.2, 0) is 6.42 Å². The van der Waals surface area contributed by atoms with Crippen molar-refractivity contribution in [3.63, 3.8) is 0 Å².